The van der Waals surface area contributed by atoms with E-state index in [9.17, 15) is 19.5 Å². The van der Waals surface area contributed by atoms with Gasteiger partial charge < -0.3 is 25.4 Å². The van der Waals surface area contributed by atoms with Crippen molar-refractivity contribution in [3.05, 3.63) is 29.3 Å². The van der Waals surface area contributed by atoms with Gasteiger partial charge in [0.2, 0.25) is 17.7 Å². The predicted octanol–water partition coefficient (Wildman–Crippen LogP) is 1.03. The Balaban J connectivity index is 1.75. The zero-order valence-electron chi connectivity index (χ0n) is 17.1. The van der Waals surface area contributed by atoms with Gasteiger partial charge in [0, 0.05) is 24.3 Å². The Morgan fingerprint density at radius 2 is 1.97 bits per heavy atom. The van der Waals surface area contributed by atoms with Crippen LogP contribution in [0.2, 0.25) is 5.02 Å². The first-order valence-electron chi connectivity index (χ1n) is 10.1. The average molecular weight is 436 g/mol. The van der Waals surface area contributed by atoms with Crippen LogP contribution in [0.3, 0.4) is 0 Å². The highest BCUT2D eigenvalue weighted by molar-refractivity contribution is 6.30. The topological polar surface area (TPSA) is 108 Å². The van der Waals surface area contributed by atoms with Gasteiger partial charge in [0.15, 0.2) is 0 Å². The van der Waals surface area contributed by atoms with Crippen LogP contribution in [0.15, 0.2) is 24.3 Å². The molecule has 3 heterocycles. The second-order valence-electron chi connectivity index (χ2n) is 8.57. The maximum atomic E-state index is 13.4. The number of β-amino-alcohol motifs (C(OH)–C–C–N with tert-alkyl or cyclic N) is 1. The van der Waals surface area contributed by atoms with Crippen LogP contribution in [0.25, 0.3) is 0 Å². The molecule has 3 fully saturated rings. The minimum atomic E-state index is -1.12. The maximum Gasteiger partial charge on any atom is 0.250 e. The van der Waals surface area contributed by atoms with Crippen LogP contribution in [-0.2, 0) is 19.1 Å². The second-order valence-corrected chi connectivity index (χ2v) is 9.01. The molecule has 3 aliphatic rings. The number of hydrogen-bond acceptors (Lipinski definition) is 5. The van der Waals surface area contributed by atoms with E-state index in [0.717, 1.165) is 0 Å². The highest BCUT2D eigenvalue weighted by Crippen LogP contribution is 2.65. The van der Waals surface area contributed by atoms with Gasteiger partial charge in [0.05, 0.1) is 24.0 Å². The van der Waals surface area contributed by atoms with Crippen LogP contribution >= 0.6 is 11.6 Å². The largest absolute Gasteiger partial charge is 0.395 e. The van der Waals surface area contributed by atoms with E-state index < -0.39 is 35.0 Å². The van der Waals surface area contributed by atoms with E-state index in [2.05, 4.69) is 10.6 Å². The summed E-state index contributed by atoms with van der Waals surface area (Å²) in [6, 6.07) is 5.72. The van der Waals surface area contributed by atoms with Crippen LogP contribution in [-0.4, -0.2) is 65.2 Å². The fraction of sp³-hybridized carbons (Fsp3) is 0.571. The lowest BCUT2D eigenvalue weighted by atomic mass is 9.62. The molecule has 3 aliphatic heterocycles. The number of ether oxygens (including phenoxy) is 1. The Morgan fingerprint density at radius 1 is 1.30 bits per heavy atom. The van der Waals surface area contributed by atoms with E-state index in [-0.39, 0.29) is 30.9 Å². The van der Waals surface area contributed by atoms with Gasteiger partial charge in [-0.15, -0.1) is 0 Å². The Hall–Kier alpha value is -2.16. The molecule has 3 amide bonds. The first-order valence-corrected chi connectivity index (χ1v) is 10.5. The molecule has 8 nitrogen and oxygen atoms in total. The molecule has 3 unspecified atom stereocenters. The van der Waals surface area contributed by atoms with Crippen LogP contribution in [0, 0.1) is 17.8 Å². The molecular formula is C21H26ClN3O5. The molecule has 1 aromatic rings. The first-order chi connectivity index (χ1) is 14.2. The molecule has 0 radical (unpaired) electrons. The van der Waals surface area contributed by atoms with Gasteiger partial charge in [-0.25, -0.2) is 0 Å². The third-order valence-electron chi connectivity index (χ3n) is 7.04. The molecule has 6 atom stereocenters. The monoisotopic (exact) mass is 435 g/mol. The lowest BCUT2D eigenvalue weighted by Gasteiger charge is -2.36. The fourth-order valence-electron chi connectivity index (χ4n) is 5.69. The second kappa shape index (κ2) is 7.21. The third kappa shape index (κ3) is 2.77. The highest BCUT2D eigenvalue weighted by atomic mass is 35.5. The van der Waals surface area contributed by atoms with E-state index in [1.54, 1.807) is 24.3 Å². The summed E-state index contributed by atoms with van der Waals surface area (Å²) < 4.78 is 6.47. The number of hydrogen-bond donors (Lipinski definition) is 3. The lowest BCUT2D eigenvalue weighted by Crippen LogP contribution is -2.54. The summed E-state index contributed by atoms with van der Waals surface area (Å²) in [4.78, 5) is 41.0. The summed E-state index contributed by atoms with van der Waals surface area (Å²) in [6.45, 7) is 3.53. The summed E-state index contributed by atoms with van der Waals surface area (Å²) in [7, 11) is 1.53. The Bertz CT molecular complexity index is 893. The smallest absolute Gasteiger partial charge is 0.250 e. The Labute approximate surface area is 179 Å². The van der Waals surface area contributed by atoms with Crippen molar-refractivity contribution < 1.29 is 24.2 Å². The summed E-state index contributed by atoms with van der Waals surface area (Å²) >= 11 is 5.92. The highest BCUT2D eigenvalue weighted by Gasteiger charge is 2.79. The van der Waals surface area contributed by atoms with E-state index in [0.29, 0.717) is 17.1 Å². The van der Waals surface area contributed by atoms with Crippen LogP contribution in [0.5, 0.6) is 0 Å². The zero-order chi connectivity index (χ0) is 21.8. The van der Waals surface area contributed by atoms with E-state index >= 15 is 0 Å². The van der Waals surface area contributed by atoms with E-state index in [1.165, 1.54) is 11.9 Å². The van der Waals surface area contributed by atoms with Crippen molar-refractivity contribution in [2.24, 2.45) is 17.8 Å². The number of fused-ring (bicyclic) bond motifs is 1. The molecule has 1 spiro atoms. The standard InChI is InChI=1S/C21H26ClN3O5/c1-11-10-21-15(14(17(27)23-3)20(11,2)30-21)19(29)25(8-9-26)16(21)18(28)24-13-6-4-12(22)5-7-13/h4-7,11,14-16,26H,8-10H2,1-3H3,(H,23,27)(H,24,28)/t11?,14-,15+,16?,20+,21?/m1/s1. The number of carbonyl (C=O) groups is 3. The number of nitrogens with one attached hydrogen (secondary N) is 2. The van der Waals surface area contributed by atoms with Crippen molar-refractivity contribution >= 4 is 35.0 Å². The molecule has 162 valence electrons. The van der Waals surface area contributed by atoms with Gasteiger partial charge in [0.1, 0.15) is 11.6 Å². The number of benzene rings is 1. The van der Waals surface area contributed by atoms with E-state index in [1.807, 2.05) is 13.8 Å². The summed E-state index contributed by atoms with van der Waals surface area (Å²) in [5, 5.41) is 15.6. The number of carbonyl (C=O) groups excluding carboxylic acids is 3. The molecule has 3 N–H and O–H groups in total. The van der Waals surface area contributed by atoms with Gasteiger partial charge in [-0.2, -0.15) is 0 Å². The Morgan fingerprint density at radius 3 is 2.57 bits per heavy atom. The molecule has 0 aliphatic carbocycles. The van der Waals surface area contributed by atoms with Crippen molar-refractivity contribution in [2.45, 2.75) is 37.5 Å². The summed E-state index contributed by atoms with van der Waals surface area (Å²) in [5.41, 5.74) is -1.42. The Kier molecular flexibility index (Phi) is 5.07. The summed E-state index contributed by atoms with van der Waals surface area (Å²) in [6.07, 6.45) is 0.480. The van der Waals surface area contributed by atoms with Gasteiger partial charge in [0.25, 0.3) is 0 Å². The van der Waals surface area contributed by atoms with Crippen molar-refractivity contribution in [3.8, 4) is 0 Å². The number of halogens is 1. The molecule has 0 aromatic heterocycles. The molecule has 2 bridgehead atoms. The van der Waals surface area contributed by atoms with Crippen LogP contribution < -0.4 is 10.6 Å². The van der Waals surface area contributed by atoms with Gasteiger partial charge in [-0.1, -0.05) is 18.5 Å². The fourth-order valence-corrected chi connectivity index (χ4v) is 5.81. The lowest BCUT2D eigenvalue weighted by molar-refractivity contribution is -0.146. The molecule has 0 saturated carbocycles. The number of rotatable bonds is 5. The normalized spacial score (nSPS) is 36.7. The van der Waals surface area contributed by atoms with Crippen molar-refractivity contribution in [1.29, 1.82) is 0 Å². The van der Waals surface area contributed by atoms with Gasteiger partial charge in [-0.05, 0) is 43.5 Å². The van der Waals surface area contributed by atoms with E-state index in [4.69, 9.17) is 16.3 Å². The zero-order valence-corrected chi connectivity index (χ0v) is 17.9. The molecule has 4 rings (SSSR count). The maximum absolute atomic E-state index is 13.4. The molecular weight excluding hydrogens is 410 g/mol. The molecule has 1 aromatic carbocycles. The number of nitrogens with zero attached hydrogens (tertiary/aromatic N) is 1. The SMILES string of the molecule is CNC(=O)[C@H]1[C@H]2C(=O)N(CCO)C(C(=O)Nc3ccc(Cl)cc3)C23CC(C)[C@]1(C)O3. The molecule has 3 saturated heterocycles. The van der Waals surface area contributed by atoms with Crippen LogP contribution in [0.4, 0.5) is 5.69 Å². The predicted molar refractivity (Wildman–Crippen MR) is 110 cm³/mol. The van der Waals surface area contributed by atoms with Crippen LogP contribution in [0.1, 0.15) is 20.3 Å². The number of aliphatic hydroxyl groups excluding tert-OH is 1. The summed E-state index contributed by atoms with van der Waals surface area (Å²) in [5.74, 6) is -2.50. The van der Waals surface area contributed by atoms with Crippen molar-refractivity contribution in [1.82, 2.24) is 10.2 Å². The van der Waals surface area contributed by atoms with Crippen molar-refractivity contribution in [3.63, 3.8) is 0 Å². The van der Waals surface area contributed by atoms with Gasteiger partial charge >= 0.3 is 0 Å². The number of aliphatic hydroxyl groups is 1. The first kappa shape index (κ1) is 21.1. The van der Waals surface area contributed by atoms with Crippen molar-refractivity contribution in [2.75, 3.05) is 25.5 Å². The molecule has 9 heteroatoms. The third-order valence-corrected chi connectivity index (χ3v) is 7.30. The quantitative estimate of drug-likeness (QED) is 0.640. The number of anilines is 1. The minimum absolute atomic E-state index is 0.00922. The molecule has 30 heavy (non-hydrogen) atoms. The number of likely N-dealkylation sites (tertiary alicyclic amines) is 1. The number of amides is 3. The minimum Gasteiger partial charge on any atom is -0.395 e. The average Bonchev–Trinajstić information content (AvgIpc) is 3.21. The van der Waals surface area contributed by atoms with Gasteiger partial charge in [-0.3, -0.25) is 14.4 Å².